The molecule has 0 fully saturated rings. The summed E-state index contributed by atoms with van der Waals surface area (Å²) >= 11 is 0. The van der Waals surface area contributed by atoms with Crippen LogP contribution in [0.15, 0.2) is 72.9 Å². The van der Waals surface area contributed by atoms with Gasteiger partial charge in [-0.05, 0) is 83.5 Å². The lowest BCUT2D eigenvalue weighted by molar-refractivity contribution is -0.161. The van der Waals surface area contributed by atoms with Gasteiger partial charge in [0.15, 0.2) is 6.10 Å². The first-order chi connectivity index (χ1) is 35.2. The highest BCUT2D eigenvalue weighted by Gasteiger charge is 2.28. The van der Waals surface area contributed by atoms with Gasteiger partial charge in [0.25, 0.3) is 0 Å². The molecular formula is C60H105O11P. The molecular weight excluding hydrogens is 928 g/mol. The number of allylic oxidation sites excluding steroid dienone is 12. The number of aliphatic hydroxyl groups excluding tert-OH is 1. The fourth-order valence-electron chi connectivity index (χ4n) is 7.74. The van der Waals surface area contributed by atoms with Gasteiger partial charge in [-0.1, -0.05) is 222 Å². The fraction of sp³-hybridized carbons (Fsp3) is 0.750. The molecule has 2 N–H and O–H groups in total. The zero-order valence-electron chi connectivity index (χ0n) is 45.9. The highest BCUT2D eigenvalue weighted by atomic mass is 31.2. The molecule has 0 bridgehead atoms. The number of phosphoric ester groups is 1. The molecule has 0 amide bonds. The van der Waals surface area contributed by atoms with E-state index >= 15 is 0 Å². The molecule has 0 saturated carbocycles. The summed E-state index contributed by atoms with van der Waals surface area (Å²) in [6.45, 7) is 4.45. The van der Waals surface area contributed by atoms with Gasteiger partial charge in [-0.2, -0.15) is 0 Å². The third-order valence-electron chi connectivity index (χ3n) is 12.1. The Kier molecular flexibility index (Phi) is 51.9. The number of carbonyl (C=O) groups is 3. The number of esters is 3. The number of carbonyl (C=O) groups excluding carboxylic acids is 3. The van der Waals surface area contributed by atoms with Crippen molar-refractivity contribution in [3.8, 4) is 0 Å². The Balaban J connectivity index is 4.78. The van der Waals surface area contributed by atoms with Gasteiger partial charge >= 0.3 is 25.7 Å². The summed E-state index contributed by atoms with van der Waals surface area (Å²) in [5.74, 6) is -1.53. The molecule has 0 rings (SSSR count). The molecule has 0 aliphatic carbocycles. The number of hydrogen-bond acceptors (Lipinski definition) is 10. The van der Waals surface area contributed by atoms with Crippen LogP contribution >= 0.6 is 7.82 Å². The Morgan fingerprint density at radius 3 is 1.18 bits per heavy atom. The van der Waals surface area contributed by atoms with E-state index in [1.165, 1.54) is 116 Å². The van der Waals surface area contributed by atoms with Crippen molar-refractivity contribution < 1.29 is 52.2 Å². The molecule has 0 aliphatic heterocycles. The first-order valence-corrected chi connectivity index (χ1v) is 30.3. The zero-order chi connectivity index (χ0) is 52.7. The maximum Gasteiger partial charge on any atom is 0.472 e. The third-order valence-corrected chi connectivity index (χ3v) is 13.1. The highest BCUT2D eigenvalue weighted by Crippen LogP contribution is 2.43. The van der Waals surface area contributed by atoms with E-state index in [9.17, 15) is 28.9 Å². The van der Waals surface area contributed by atoms with E-state index in [-0.39, 0.29) is 25.9 Å². The number of ether oxygens (including phenoxy) is 3. The molecule has 0 radical (unpaired) electrons. The van der Waals surface area contributed by atoms with Crippen LogP contribution in [0, 0.1) is 0 Å². The smallest absolute Gasteiger partial charge is 0.462 e. The summed E-state index contributed by atoms with van der Waals surface area (Å²) in [4.78, 5) is 48.4. The Bertz CT molecular complexity index is 1490. The van der Waals surface area contributed by atoms with Crippen LogP contribution in [0.4, 0.5) is 0 Å². The molecule has 0 aromatic carbocycles. The van der Waals surface area contributed by atoms with E-state index in [0.717, 1.165) is 70.6 Å². The number of phosphoric acid groups is 1. The van der Waals surface area contributed by atoms with Crippen LogP contribution in [0.5, 0.6) is 0 Å². The van der Waals surface area contributed by atoms with Gasteiger partial charge in [0.2, 0.25) is 0 Å². The van der Waals surface area contributed by atoms with Crippen LogP contribution in [-0.2, 0) is 42.2 Å². The number of hydrogen-bond donors (Lipinski definition) is 2. The van der Waals surface area contributed by atoms with Crippen LogP contribution in [0.3, 0.4) is 0 Å². The summed E-state index contributed by atoms with van der Waals surface area (Å²) in [6, 6.07) is 0. The van der Waals surface area contributed by atoms with Crippen LogP contribution in [0.2, 0.25) is 0 Å². The Morgan fingerprint density at radius 2 is 0.736 bits per heavy atom. The second kappa shape index (κ2) is 54.2. The van der Waals surface area contributed by atoms with Crippen molar-refractivity contribution in [3.63, 3.8) is 0 Å². The summed E-state index contributed by atoms with van der Waals surface area (Å²) in [6.07, 6.45) is 60.3. The zero-order valence-corrected chi connectivity index (χ0v) is 46.8. The van der Waals surface area contributed by atoms with E-state index in [1.54, 1.807) is 0 Å². The summed E-state index contributed by atoms with van der Waals surface area (Å²) in [7, 11) is -4.76. The quantitative estimate of drug-likeness (QED) is 0.0197. The lowest BCUT2D eigenvalue weighted by Crippen LogP contribution is -2.30. The maximum atomic E-state index is 12.9. The Hall–Kier alpha value is -3.08. The average Bonchev–Trinajstić information content (AvgIpc) is 3.37. The molecule has 0 aliphatic rings. The first kappa shape index (κ1) is 68.9. The SMILES string of the molecule is CC/C=C\C/C=C\C/C=C\C/C=C\C/C=C\CCCC(=O)OC(COC(=O)CCCCCCCCCCC/C=C\CCCCCCCC)COP(=O)(O)OCC(CO)OC(=O)CCCCCCCCCCC. The van der Waals surface area contributed by atoms with Crippen molar-refractivity contribution in [2.75, 3.05) is 26.4 Å². The van der Waals surface area contributed by atoms with Gasteiger partial charge in [0.1, 0.15) is 12.7 Å². The van der Waals surface area contributed by atoms with Crippen molar-refractivity contribution in [2.45, 2.75) is 264 Å². The normalized spacial score (nSPS) is 13.9. The predicted molar refractivity (Wildman–Crippen MR) is 298 cm³/mol. The van der Waals surface area contributed by atoms with Gasteiger partial charge in [-0.15, -0.1) is 0 Å². The molecule has 11 nitrogen and oxygen atoms in total. The molecule has 3 atom stereocenters. The number of unbranched alkanes of at least 4 members (excludes halogenated alkanes) is 24. The van der Waals surface area contributed by atoms with Gasteiger partial charge in [0, 0.05) is 19.3 Å². The minimum absolute atomic E-state index is 0.0886. The summed E-state index contributed by atoms with van der Waals surface area (Å²) in [5.41, 5.74) is 0. The maximum absolute atomic E-state index is 12.9. The van der Waals surface area contributed by atoms with Gasteiger partial charge in [-0.25, -0.2) is 4.57 Å². The molecule has 416 valence electrons. The van der Waals surface area contributed by atoms with Crippen molar-refractivity contribution in [1.29, 1.82) is 0 Å². The fourth-order valence-corrected chi connectivity index (χ4v) is 8.52. The van der Waals surface area contributed by atoms with E-state index in [0.29, 0.717) is 25.7 Å². The second-order valence-electron chi connectivity index (χ2n) is 19.1. The Labute approximate surface area is 439 Å². The molecule has 72 heavy (non-hydrogen) atoms. The molecule has 3 unspecified atom stereocenters. The molecule has 0 aromatic rings. The average molecular weight is 1030 g/mol. The second-order valence-corrected chi connectivity index (χ2v) is 20.5. The van der Waals surface area contributed by atoms with Crippen molar-refractivity contribution in [2.24, 2.45) is 0 Å². The standard InChI is InChI=1S/C60H105O11P/c1-4-7-10-13-16-19-21-23-25-27-28-30-31-33-35-38-40-43-46-49-58(62)67-53-57(71-60(64)51-48-45-42-39-36-34-32-29-26-24-22-20-17-14-11-8-5-2)55-69-72(65,66)68-54-56(52-61)70-59(63)50-47-44-41-37-18-15-12-9-6-3/h8,11,17,20,23-26,32,34,39,42,56-57,61H,4-7,9-10,12-16,18-19,21-22,27-31,33,35-38,40-41,43-55H2,1-3H3,(H,65,66)/b11-8-,20-17-,25-23-,26-24-,34-32-,42-39-. The Morgan fingerprint density at radius 1 is 0.403 bits per heavy atom. The summed E-state index contributed by atoms with van der Waals surface area (Å²) in [5, 5.41) is 9.77. The molecule has 12 heteroatoms. The van der Waals surface area contributed by atoms with Crippen LogP contribution < -0.4 is 0 Å². The van der Waals surface area contributed by atoms with Crippen LogP contribution in [0.25, 0.3) is 0 Å². The van der Waals surface area contributed by atoms with Gasteiger partial charge in [0.05, 0.1) is 19.8 Å². The number of aliphatic hydroxyl groups is 1. The third kappa shape index (κ3) is 51.8. The molecule has 0 saturated heterocycles. The first-order valence-electron chi connectivity index (χ1n) is 28.8. The van der Waals surface area contributed by atoms with Crippen molar-refractivity contribution in [1.82, 2.24) is 0 Å². The lowest BCUT2D eigenvalue weighted by Gasteiger charge is -2.21. The minimum atomic E-state index is -4.76. The molecule has 0 spiro atoms. The van der Waals surface area contributed by atoms with E-state index in [4.69, 9.17) is 23.3 Å². The van der Waals surface area contributed by atoms with Crippen molar-refractivity contribution in [3.05, 3.63) is 72.9 Å². The minimum Gasteiger partial charge on any atom is -0.462 e. The summed E-state index contributed by atoms with van der Waals surface area (Å²) < 4.78 is 39.4. The number of rotatable bonds is 53. The van der Waals surface area contributed by atoms with Crippen LogP contribution in [0.1, 0.15) is 252 Å². The van der Waals surface area contributed by atoms with Gasteiger partial charge in [-0.3, -0.25) is 23.4 Å². The predicted octanol–water partition coefficient (Wildman–Crippen LogP) is 16.9. The van der Waals surface area contributed by atoms with E-state index in [2.05, 4.69) is 81.5 Å². The lowest BCUT2D eigenvalue weighted by atomic mass is 10.1. The van der Waals surface area contributed by atoms with Crippen LogP contribution in [-0.4, -0.2) is 66.5 Å². The molecule has 0 heterocycles. The van der Waals surface area contributed by atoms with E-state index in [1.807, 2.05) is 12.2 Å². The topological polar surface area (TPSA) is 155 Å². The molecule has 0 aromatic heterocycles. The monoisotopic (exact) mass is 1030 g/mol. The van der Waals surface area contributed by atoms with Gasteiger partial charge < -0.3 is 24.2 Å². The van der Waals surface area contributed by atoms with Crippen molar-refractivity contribution >= 4 is 25.7 Å². The highest BCUT2D eigenvalue weighted by molar-refractivity contribution is 7.47. The largest absolute Gasteiger partial charge is 0.472 e. The van der Waals surface area contributed by atoms with E-state index < -0.39 is 57.8 Å².